The molecule has 0 radical (unpaired) electrons. The zero-order chi connectivity index (χ0) is 24.3. The number of carbonyl (C=O) groups excluding carboxylic acids is 1. The molecule has 0 bridgehead atoms. The van der Waals surface area contributed by atoms with Crippen molar-refractivity contribution in [2.24, 2.45) is 0 Å². The third-order valence-corrected chi connectivity index (χ3v) is 7.76. The van der Waals surface area contributed by atoms with Crippen LogP contribution in [0.4, 0.5) is 5.69 Å². The van der Waals surface area contributed by atoms with E-state index in [-0.39, 0.29) is 37.9 Å². The van der Waals surface area contributed by atoms with Crippen molar-refractivity contribution >= 4 is 37.5 Å². The monoisotopic (exact) mass is 533 g/mol. The summed E-state index contributed by atoms with van der Waals surface area (Å²) in [6.07, 6.45) is 0. The van der Waals surface area contributed by atoms with Crippen LogP contribution in [0.15, 0.2) is 64.0 Å². The summed E-state index contributed by atoms with van der Waals surface area (Å²) in [6.45, 7) is 3.63. The summed E-state index contributed by atoms with van der Waals surface area (Å²) in [5.74, 6) is -0.0801. The van der Waals surface area contributed by atoms with E-state index in [4.69, 9.17) is 14.2 Å². The van der Waals surface area contributed by atoms with Gasteiger partial charge in [-0.05, 0) is 65.2 Å². The predicted molar refractivity (Wildman–Crippen MR) is 130 cm³/mol. The second-order valence-corrected chi connectivity index (χ2v) is 9.69. The maximum absolute atomic E-state index is 14.0. The summed E-state index contributed by atoms with van der Waals surface area (Å²) in [6, 6.07) is 14.4. The molecule has 9 heteroatoms. The van der Waals surface area contributed by atoms with Gasteiger partial charge in [0.25, 0.3) is 15.9 Å². The van der Waals surface area contributed by atoms with Gasteiger partial charge in [0.2, 0.25) is 5.75 Å². The van der Waals surface area contributed by atoms with E-state index in [9.17, 15) is 13.2 Å². The highest BCUT2D eigenvalue weighted by atomic mass is 79.9. The summed E-state index contributed by atoms with van der Waals surface area (Å²) in [5.41, 5.74) is 1.79. The molecule has 3 aromatic carbocycles. The Kier molecular flexibility index (Phi) is 7.34. The van der Waals surface area contributed by atoms with Crippen LogP contribution in [0.5, 0.6) is 17.2 Å². The number of anilines is 1. The molecule has 33 heavy (non-hydrogen) atoms. The Bertz CT molecular complexity index is 1290. The van der Waals surface area contributed by atoms with E-state index in [1.807, 2.05) is 13.0 Å². The molecule has 0 aliphatic carbocycles. The number of amides is 1. The minimum Gasteiger partial charge on any atom is -0.493 e. The lowest BCUT2D eigenvalue weighted by molar-refractivity contribution is 0.100. The minimum absolute atomic E-state index is 0.0113. The number of aryl methyl sites for hydroxylation is 1. The van der Waals surface area contributed by atoms with Crippen molar-refractivity contribution in [2.75, 3.05) is 25.6 Å². The fraction of sp³-hybridized carbons (Fsp3) is 0.208. The van der Waals surface area contributed by atoms with Gasteiger partial charge in [0.05, 0.1) is 41.9 Å². The first-order valence-corrected chi connectivity index (χ1v) is 12.1. The predicted octanol–water partition coefficient (Wildman–Crippen LogP) is 5.13. The quantitative estimate of drug-likeness (QED) is 0.418. The number of hydrogen-bond acceptors (Lipinski definition) is 6. The smallest absolute Gasteiger partial charge is 0.273 e. The molecule has 0 saturated heterocycles. The van der Waals surface area contributed by atoms with Crippen molar-refractivity contribution in [1.29, 1.82) is 0 Å². The Morgan fingerprint density at radius 2 is 1.52 bits per heavy atom. The molecule has 174 valence electrons. The summed E-state index contributed by atoms with van der Waals surface area (Å²) in [7, 11) is 0.0142. The largest absolute Gasteiger partial charge is 0.493 e. The van der Waals surface area contributed by atoms with Crippen molar-refractivity contribution < 1.29 is 27.4 Å². The van der Waals surface area contributed by atoms with Crippen LogP contribution in [0.1, 0.15) is 21.5 Å². The van der Waals surface area contributed by atoms with Crippen LogP contribution in [-0.4, -0.2) is 35.7 Å². The van der Waals surface area contributed by atoms with E-state index in [1.54, 1.807) is 37.3 Å². The van der Waals surface area contributed by atoms with Crippen LogP contribution >= 0.6 is 15.9 Å². The number of hydrogen-bond donors (Lipinski definition) is 0. The SMILES string of the molecule is COc1cc(C(=O)N(c2cccc(C)c2C)S(=O)(=O)c2ccccc2)c(Br)c(OC)c1OC. The van der Waals surface area contributed by atoms with E-state index in [1.165, 1.54) is 39.5 Å². The number of ether oxygens (including phenoxy) is 3. The molecule has 0 spiro atoms. The van der Waals surface area contributed by atoms with Crippen LogP contribution in [0.25, 0.3) is 0 Å². The van der Waals surface area contributed by atoms with Gasteiger partial charge in [-0.2, -0.15) is 4.31 Å². The molecule has 0 saturated carbocycles. The number of methoxy groups -OCH3 is 3. The van der Waals surface area contributed by atoms with Crippen LogP contribution in [0.2, 0.25) is 0 Å². The highest BCUT2D eigenvalue weighted by molar-refractivity contribution is 9.10. The number of nitrogens with zero attached hydrogens (tertiary/aromatic N) is 1. The fourth-order valence-electron chi connectivity index (χ4n) is 3.39. The topological polar surface area (TPSA) is 82.1 Å². The number of benzene rings is 3. The van der Waals surface area contributed by atoms with Crippen LogP contribution < -0.4 is 18.5 Å². The lowest BCUT2D eigenvalue weighted by Crippen LogP contribution is -2.38. The van der Waals surface area contributed by atoms with Crippen molar-refractivity contribution in [2.45, 2.75) is 18.7 Å². The first kappa shape index (κ1) is 24.6. The van der Waals surface area contributed by atoms with Gasteiger partial charge in [-0.15, -0.1) is 0 Å². The Morgan fingerprint density at radius 1 is 0.879 bits per heavy atom. The van der Waals surface area contributed by atoms with Crippen LogP contribution in [0, 0.1) is 13.8 Å². The number of sulfonamides is 1. The highest BCUT2D eigenvalue weighted by Crippen LogP contribution is 2.45. The van der Waals surface area contributed by atoms with Gasteiger partial charge >= 0.3 is 0 Å². The number of halogens is 1. The Labute approximate surface area is 202 Å². The maximum atomic E-state index is 14.0. The molecule has 7 nitrogen and oxygen atoms in total. The van der Waals surface area contributed by atoms with Gasteiger partial charge in [0, 0.05) is 0 Å². The van der Waals surface area contributed by atoms with Crippen molar-refractivity contribution in [3.05, 3.63) is 75.8 Å². The fourth-order valence-corrected chi connectivity index (χ4v) is 5.50. The molecule has 0 fully saturated rings. The van der Waals surface area contributed by atoms with Gasteiger partial charge in [-0.1, -0.05) is 30.3 Å². The molecule has 0 atom stereocenters. The average molecular weight is 534 g/mol. The zero-order valence-electron chi connectivity index (χ0n) is 18.9. The Hall–Kier alpha value is -3.04. The second-order valence-electron chi connectivity index (χ2n) is 7.11. The first-order valence-electron chi connectivity index (χ1n) is 9.88. The lowest BCUT2D eigenvalue weighted by Gasteiger charge is -2.26. The summed E-state index contributed by atoms with van der Waals surface area (Å²) >= 11 is 3.39. The Balaban J connectivity index is 2.33. The summed E-state index contributed by atoms with van der Waals surface area (Å²) < 4.78 is 44.7. The number of carbonyl (C=O) groups is 1. The van der Waals surface area contributed by atoms with Crippen LogP contribution in [-0.2, 0) is 10.0 Å². The molecule has 0 aromatic heterocycles. The highest BCUT2D eigenvalue weighted by Gasteiger charge is 2.35. The van der Waals surface area contributed by atoms with E-state index < -0.39 is 15.9 Å². The molecular weight excluding hydrogens is 510 g/mol. The van der Waals surface area contributed by atoms with E-state index in [0.717, 1.165) is 9.87 Å². The molecule has 3 rings (SSSR count). The minimum atomic E-state index is -4.26. The Morgan fingerprint density at radius 3 is 2.09 bits per heavy atom. The molecular formula is C24H24BrNO6S. The standard InChI is InChI=1S/C24H24BrNO6S/c1-15-10-9-13-19(16(15)2)26(33(28,29)17-11-7-6-8-12-17)24(27)18-14-20(30-3)22(31-4)23(32-5)21(18)25/h6-14H,1-5H3. The third kappa shape index (κ3) is 4.43. The summed E-state index contributed by atoms with van der Waals surface area (Å²) in [5, 5.41) is 0. The van der Waals surface area contributed by atoms with Gasteiger partial charge in [-0.3, -0.25) is 4.79 Å². The van der Waals surface area contributed by atoms with E-state index in [2.05, 4.69) is 15.9 Å². The van der Waals surface area contributed by atoms with Gasteiger partial charge in [0.1, 0.15) is 0 Å². The van der Waals surface area contributed by atoms with Gasteiger partial charge < -0.3 is 14.2 Å². The third-order valence-electron chi connectivity index (χ3n) is 5.26. The number of rotatable bonds is 7. The lowest BCUT2D eigenvalue weighted by atomic mass is 10.1. The molecule has 3 aromatic rings. The molecule has 1 amide bonds. The molecule has 0 heterocycles. The zero-order valence-corrected chi connectivity index (χ0v) is 21.3. The van der Waals surface area contributed by atoms with E-state index in [0.29, 0.717) is 5.56 Å². The van der Waals surface area contributed by atoms with E-state index >= 15 is 0 Å². The molecule has 0 aliphatic heterocycles. The molecule has 0 aliphatic rings. The normalized spacial score (nSPS) is 11.1. The van der Waals surface area contributed by atoms with Crippen molar-refractivity contribution in [3.8, 4) is 17.2 Å². The van der Waals surface area contributed by atoms with Crippen molar-refractivity contribution in [1.82, 2.24) is 0 Å². The first-order chi connectivity index (χ1) is 15.7. The van der Waals surface area contributed by atoms with Crippen molar-refractivity contribution in [3.63, 3.8) is 0 Å². The van der Waals surface area contributed by atoms with Gasteiger partial charge in [0.15, 0.2) is 11.5 Å². The van der Waals surface area contributed by atoms with Gasteiger partial charge in [-0.25, -0.2) is 8.42 Å². The molecule has 0 unspecified atom stereocenters. The second kappa shape index (κ2) is 9.84. The molecule has 0 N–H and O–H groups in total. The summed E-state index contributed by atoms with van der Waals surface area (Å²) in [4.78, 5) is 13.9. The maximum Gasteiger partial charge on any atom is 0.273 e. The average Bonchev–Trinajstić information content (AvgIpc) is 2.81. The van der Waals surface area contributed by atoms with Crippen LogP contribution in [0.3, 0.4) is 0 Å².